The van der Waals surface area contributed by atoms with E-state index in [0.717, 1.165) is 0 Å². The molecule has 1 aromatic heterocycles. The number of hydrogen-bond donors (Lipinski definition) is 1. The highest BCUT2D eigenvalue weighted by Crippen LogP contribution is 2.25. The fraction of sp³-hybridized carbons (Fsp3) is 0.143. The quantitative estimate of drug-likeness (QED) is 0.856. The van der Waals surface area contributed by atoms with Gasteiger partial charge in [0.15, 0.2) is 0 Å². The monoisotopic (exact) mass is 310 g/mol. The number of nitrogens with zero attached hydrogens (tertiary/aromatic N) is 1. The second-order valence-corrected chi connectivity index (χ2v) is 5.01. The average molecular weight is 310 g/mol. The highest BCUT2D eigenvalue weighted by molar-refractivity contribution is 7.99. The van der Waals surface area contributed by atoms with Crippen molar-refractivity contribution in [2.24, 2.45) is 0 Å². The number of aromatic nitrogens is 1. The maximum Gasteiger partial charge on any atom is 0.288 e. The zero-order valence-corrected chi connectivity index (χ0v) is 11.9. The smallest absolute Gasteiger partial charge is 0.288 e. The van der Waals surface area contributed by atoms with E-state index < -0.39 is 5.76 Å². The maximum absolute atomic E-state index is 12.2. The number of carbonyl (C=O) groups is 1. The molecule has 0 atom stereocenters. The topological polar surface area (TPSA) is 51.2 Å². The predicted molar refractivity (Wildman–Crippen MR) is 77.0 cm³/mol. The molecule has 110 valence electrons. The number of halogens is 2. The molecule has 0 radical (unpaired) electrons. The number of benzene rings is 1. The van der Waals surface area contributed by atoms with Crippen LogP contribution >= 0.6 is 11.8 Å². The van der Waals surface area contributed by atoms with Crippen LogP contribution in [0.15, 0.2) is 47.5 Å². The number of carbonyl (C=O) groups excluding carboxylic acids is 1. The van der Waals surface area contributed by atoms with Crippen molar-refractivity contribution in [1.82, 2.24) is 4.98 Å². The molecule has 4 nitrogen and oxygen atoms in total. The Morgan fingerprint density at radius 1 is 1.24 bits per heavy atom. The van der Waals surface area contributed by atoms with Crippen molar-refractivity contribution in [3.63, 3.8) is 0 Å². The Hall–Kier alpha value is -2.15. The molecule has 0 saturated heterocycles. The summed E-state index contributed by atoms with van der Waals surface area (Å²) in [5, 5.41) is 2.66. The van der Waals surface area contributed by atoms with E-state index in [1.165, 1.54) is 37.6 Å². The average Bonchev–Trinajstić information content (AvgIpc) is 2.48. The van der Waals surface area contributed by atoms with Crippen LogP contribution in [0.25, 0.3) is 0 Å². The number of thioether (sulfide) groups is 1. The fourth-order valence-electron chi connectivity index (χ4n) is 1.57. The Kier molecular flexibility index (Phi) is 5.10. The van der Waals surface area contributed by atoms with Gasteiger partial charge in [0, 0.05) is 16.5 Å². The lowest BCUT2D eigenvalue weighted by Gasteiger charge is -2.06. The van der Waals surface area contributed by atoms with E-state index in [-0.39, 0.29) is 5.91 Å². The second kappa shape index (κ2) is 7.03. The van der Waals surface area contributed by atoms with Gasteiger partial charge in [-0.05, 0) is 30.3 Å². The molecule has 0 spiro atoms. The van der Waals surface area contributed by atoms with Gasteiger partial charge in [-0.15, -0.1) is 0 Å². The summed E-state index contributed by atoms with van der Waals surface area (Å²) in [7, 11) is 1.50. The number of nitrogens with one attached hydrogen (secondary N) is 1. The van der Waals surface area contributed by atoms with Crippen LogP contribution in [0.2, 0.25) is 0 Å². The van der Waals surface area contributed by atoms with E-state index in [4.69, 9.17) is 4.74 Å². The van der Waals surface area contributed by atoms with Crippen LogP contribution in [0.3, 0.4) is 0 Å². The van der Waals surface area contributed by atoms with Crippen molar-refractivity contribution >= 4 is 23.4 Å². The molecule has 1 heterocycles. The predicted octanol–water partition coefficient (Wildman–Crippen LogP) is 3.66. The number of amides is 1. The molecule has 0 saturated carbocycles. The van der Waals surface area contributed by atoms with Crippen LogP contribution in [0.1, 0.15) is 10.4 Å². The molecule has 0 unspecified atom stereocenters. The molecule has 1 aromatic carbocycles. The van der Waals surface area contributed by atoms with Gasteiger partial charge in [0.2, 0.25) is 5.88 Å². The second-order valence-electron chi connectivity index (χ2n) is 3.95. The van der Waals surface area contributed by atoms with Crippen molar-refractivity contribution < 1.29 is 18.3 Å². The summed E-state index contributed by atoms with van der Waals surface area (Å²) >= 11 is 0.438. The van der Waals surface area contributed by atoms with Crippen molar-refractivity contribution in [3.05, 3.63) is 48.2 Å². The molecule has 7 heteroatoms. The van der Waals surface area contributed by atoms with Gasteiger partial charge >= 0.3 is 0 Å². The number of pyridine rings is 1. The Balaban J connectivity index is 2.02. The molecule has 1 N–H and O–H groups in total. The lowest BCUT2D eigenvalue weighted by Crippen LogP contribution is -2.11. The van der Waals surface area contributed by atoms with Gasteiger partial charge in [0.05, 0.1) is 19.0 Å². The number of ether oxygens (including phenoxy) is 1. The van der Waals surface area contributed by atoms with E-state index in [2.05, 4.69) is 10.3 Å². The number of alkyl halides is 2. The van der Waals surface area contributed by atoms with Crippen LogP contribution < -0.4 is 10.1 Å². The lowest BCUT2D eigenvalue weighted by molar-refractivity contribution is 0.102. The third kappa shape index (κ3) is 4.42. The van der Waals surface area contributed by atoms with E-state index in [9.17, 15) is 13.6 Å². The summed E-state index contributed by atoms with van der Waals surface area (Å²) in [6.45, 7) is 0. The Morgan fingerprint density at radius 2 is 1.95 bits per heavy atom. The first-order chi connectivity index (χ1) is 10.1. The zero-order chi connectivity index (χ0) is 15.2. The van der Waals surface area contributed by atoms with Gasteiger partial charge in [-0.25, -0.2) is 4.98 Å². The Morgan fingerprint density at radius 3 is 2.48 bits per heavy atom. The van der Waals surface area contributed by atoms with Crippen molar-refractivity contribution in [1.29, 1.82) is 0 Å². The molecule has 0 bridgehead atoms. The van der Waals surface area contributed by atoms with Crippen LogP contribution in [0.5, 0.6) is 5.88 Å². The molecule has 21 heavy (non-hydrogen) atoms. The molecule has 0 fully saturated rings. The van der Waals surface area contributed by atoms with Crippen LogP contribution in [0, 0.1) is 0 Å². The standard InChI is InChI=1S/C14H12F2N2O2S/c1-20-12-7-4-10(8-17-12)18-13(19)9-2-5-11(6-3-9)21-14(15)16/h2-8,14H,1H3,(H,18,19). The van der Waals surface area contributed by atoms with Gasteiger partial charge in [-0.3, -0.25) is 4.79 Å². The maximum atomic E-state index is 12.2. The summed E-state index contributed by atoms with van der Waals surface area (Å²) in [6, 6.07) is 9.24. The summed E-state index contributed by atoms with van der Waals surface area (Å²) < 4.78 is 29.3. The minimum absolute atomic E-state index is 0.337. The van der Waals surface area contributed by atoms with E-state index in [1.807, 2.05) is 0 Å². The molecule has 1 amide bonds. The SMILES string of the molecule is COc1ccc(NC(=O)c2ccc(SC(F)F)cc2)cn1. The Bertz CT molecular complexity index is 603. The third-order valence-corrected chi connectivity index (χ3v) is 3.27. The van der Waals surface area contributed by atoms with Gasteiger partial charge in [0.25, 0.3) is 11.7 Å². The van der Waals surface area contributed by atoms with E-state index in [1.54, 1.807) is 12.1 Å². The van der Waals surface area contributed by atoms with Gasteiger partial charge in [-0.1, -0.05) is 11.8 Å². The number of methoxy groups -OCH3 is 1. The molecule has 0 aliphatic carbocycles. The van der Waals surface area contributed by atoms with Crippen molar-refractivity contribution in [3.8, 4) is 5.88 Å². The molecule has 0 aliphatic heterocycles. The zero-order valence-electron chi connectivity index (χ0n) is 11.0. The third-order valence-electron chi connectivity index (χ3n) is 2.55. The first-order valence-corrected chi connectivity index (χ1v) is 6.82. The molecule has 0 aliphatic rings. The van der Waals surface area contributed by atoms with Gasteiger partial charge < -0.3 is 10.1 Å². The molecule has 2 rings (SSSR count). The fourth-order valence-corrected chi connectivity index (χ4v) is 2.06. The van der Waals surface area contributed by atoms with Gasteiger partial charge in [0.1, 0.15) is 0 Å². The number of rotatable bonds is 5. The highest BCUT2D eigenvalue weighted by atomic mass is 32.2. The molecular weight excluding hydrogens is 298 g/mol. The minimum atomic E-state index is -2.48. The van der Waals surface area contributed by atoms with E-state index in [0.29, 0.717) is 33.8 Å². The van der Waals surface area contributed by atoms with Crippen LogP contribution in [0.4, 0.5) is 14.5 Å². The van der Waals surface area contributed by atoms with Gasteiger partial charge in [-0.2, -0.15) is 8.78 Å². The summed E-state index contributed by atoms with van der Waals surface area (Å²) in [5.41, 5.74) is 0.899. The largest absolute Gasteiger partial charge is 0.481 e. The van der Waals surface area contributed by atoms with Crippen molar-refractivity contribution in [2.45, 2.75) is 10.7 Å². The van der Waals surface area contributed by atoms with Crippen LogP contribution in [-0.4, -0.2) is 23.8 Å². The van der Waals surface area contributed by atoms with E-state index >= 15 is 0 Å². The molecular formula is C14H12F2N2O2S. The normalized spacial score (nSPS) is 10.5. The minimum Gasteiger partial charge on any atom is -0.481 e. The first kappa shape index (κ1) is 15.2. The lowest BCUT2D eigenvalue weighted by atomic mass is 10.2. The molecule has 2 aromatic rings. The van der Waals surface area contributed by atoms with Crippen molar-refractivity contribution in [2.75, 3.05) is 12.4 Å². The summed E-state index contributed by atoms with van der Waals surface area (Å²) in [5.74, 6) is -2.37. The summed E-state index contributed by atoms with van der Waals surface area (Å²) in [6.07, 6.45) is 1.47. The summed E-state index contributed by atoms with van der Waals surface area (Å²) in [4.78, 5) is 16.4. The highest BCUT2D eigenvalue weighted by Gasteiger charge is 2.09. The van der Waals surface area contributed by atoms with Crippen LogP contribution in [-0.2, 0) is 0 Å². The first-order valence-electron chi connectivity index (χ1n) is 5.95. The number of hydrogen-bond acceptors (Lipinski definition) is 4. The number of anilines is 1. The Labute approximate surface area is 124 Å².